The normalized spacial score (nSPS) is 18.9. The van der Waals surface area contributed by atoms with Crippen LogP contribution in [0.2, 0.25) is 0 Å². The molecule has 0 radical (unpaired) electrons. The number of benzene rings is 2. The van der Waals surface area contributed by atoms with E-state index >= 15 is 0 Å². The molecule has 2 heteroatoms. The molecule has 0 saturated carbocycles. The van der Waals surface area contributed by atoms with E-state index in [1.807, 2.05) is 6.08 Å². The van der Waals surface area contributed by atoms with Crippen LogP contribution in [-0.4, -0.2) is 6.04 Å². The molecule has 1 atom stereocenters. The summed E-state index contributed by atoms with van der Waals surface area (Å²) < 4.78 is 0. The van der Waals surface area contributed by atoms with Gasteiger partial charge >= 0.3 is 0 Å². The van der Waals surface area contributed by atoms with Crippen LogP contribution in [0.25, 0.3) is 11.8 Å². The molecule has 1 unspecified atom stereocenters. The molecule has 0 bridgehead atoms. The minimum Gasteiger partial charge on any atom is -0.382 e. The van der Waals surface area contributed by atoms with Crippen LogP contribution in [0.4, 0.5) is 11.4 Å². The number of rotatable bonds is 2. The van der Waals surface area contributed by atoms with E-state index in [9.17, 15) is 0 Å². The topological polar surface area (TPSA) is 15.3 Å². The number of hydrogen-bond acceptors (Lipinski definition) is 2. The van der Waals surface area contributed by atoms with E-state index in [-0.39, 0.29) is 0 Å². The predicted octanol–water partition coefficient (Wildman–Crippen LogP) is 4.68. The molecule has 110 valence electrons. The Kier molecular flexibility index (Phi) is 2.86. The average molecular weight is 288 g/mol. The summed E-state index contributed by atoms with van der Waals surface area (Å²) in [6.07, 6.45) is 3.00. The molecular formula is C20H20N2. The SMILES string of the molecule is C=Cc1ccc2c(c1)C(=C)N(c1ccc3c(c1)NC(C)C3)C2. The summed E-state index contributed by atoms with van der Waals surface area (Å²) in [5.74, 6) is 0. The summed E-state index contributed by atoms with van der Waals surface area (Å²) in [6.45, 7) is 11.3. The first-order valence-corrected chi connectivity index (χ1v) is 7.77. The van der Waals surface area contributed by atoms with Crippen molar-refractivity contribution >= 4 is 23.1 Å². The minimum absolute atomic E-state index is 0.527. The van der Waals surface area contributed by atoms with E-state index < -0.39 is 0 Å². The van der Waals surface area contributed by atoms with Gasteiger partial charge in [-0.3, -0.25) is 0 Å². The second-order valence-corrected chi connectivity index (χ2v) is 6.24. The lowest BCUT2D eigenvalue weighted by Gasteiger charge is -2.20. The number of anilines is 2. The molecule has 2 heterocycles. The quantitative estimate of drug-likeness (QED) is 0.863. The maximum Gasteiger partial charge on any atom is 0.0488 e. The Bertz CT molecular complexity index is 788. The van der Waals surface area contributed by atoms with E-state index in [0.717, 1.165) is 24.2 Å². The zero-order valence-electron chi connectivity index (χ0n) is 12.9. The third-order valence-electron chi connectivity index (χ3n) is 4.67. The standard InChI is InChI=1S/C20H20N2/c1-4-15-5-6-17-12-22(14(3)19(17)10-15)18-8-7-16-9-13(2)21-20(16)11-18/h4-8,10-11,13,21H,1,3,9,12H2,2H3. The van der Waals surface area contributed by atoms with Gasteiger partial charge in [0.1, 0.15) is 0 Å². The summed E-state index contributed by atoms with van der Waals surface area (Å²) in [4.78, 5) is 2.29. The van der Waals surface area contributed by atoms with Crippen molar-refractivity contribution in [3.8, 4) is 0 Å². The molecule has 2 aliphatic rings. The van der Waals surface area contributed by atoms with Crippen LogP contribution in [0, 0.1) is 0 Å². The third kappa shape index (κ3) is 1.95. The lowest BCUT2D eigenvalue weighted by atomic mass is 10.1. The third-order valence-corrected chi connectivity index (χ3v) is 4.67. The molecule has 2 aliphatic heterocycles. The summed E-state index contributed by atoms with van der Waals surface area (Å²) in [6, 6.07) is 13.7. The smallest absolute Gasteiger partial charge is 0.0488 e. The van der Waals surface area contributed by atoms with Gasteiger partial charge in [-0.25, -0.2) is 0 Å². The Morgan fingerprint density at radius 1 is 1.18 bits per heavy atom. The number of hydrogen-bond donors (Lipinski definition) is 1. The van der Waals surface area contributed by atoms with Crippen LogP contribution in [0.15, 0.2) is 49.6 Å². The van der Waals surface area contributed by atoms with Crippen LogP contribution >= 0.6 is 0 Å². The zero-order valence-corrected chi connectivity index (χ0v) is 12.9. The van der Waals surface area contributed by atoms with Gasteiger partial charge in [-0.15, -0.1) is 0 Å². The fourth-order valence-corrected chi connectivity index (χ4v) is 3.48. The summed E-state index contributed by atoms with van der Waals surface area (Å²) in [7, 11) is 0. The van der Waals surface area contributed by atoms with Gasteiger partial charge < -0.3 is 10.2 Å². The van der Waals surface area contributed by atoms with Crippen LogP contribution in [-0.2, 0) is 13.0 Å². The van der Waals surface area contributed by atoms with E-state index in [1.165, 1.54) is 28.1 Å². The summed E-state index contributed by atoms with van der Waals surface area (Å²) in [5.41, 5.74) is 8.67. The molecule has 4 rings (SSSR count). The second-order valence-electron chi connectivity index (χ2n) is 6.24. The van der Waals surface area contributed by atoms with E-state index in [1.54, 1.807) is 0 Å². The largest absolute Gasteiger partial charge is 0.382 e. The van der Waals surface area contributed by atoms with Crippen molar-refractivity contribution in [2.75, 3.05) is 10.2 Å². The van der Waals surface area contributed by atoms with Crippen molar-refractivity contribution in [3.05, 3.63) is 71.8 Å². The van der Waals surface area contributed by atoms with Gasteiger partial charge in [0.15, 0.2) is 0 Å². The molecule has 0 amide bonds. The van der Waals surface area contributed by atoms with Crippen LogP contribution in [0.3, 0.4) is 0 Å². The van der Waals surface area contributed by atoms with E-state index in [0.29, 0.717) is 6.04 Å². The van der Waals surface area contributed by atoms with Crippen LogP contribution in [0.5, 0.6) is 0 Å². The molecule has 2 nitrogen and oxygen atoms in total. The maximum absolute atomic E-state index is 4.31. The lowest BCUT2D eigenvalue weighted by Crippen LogP contribution is -2.13. The van der Waals surface area contributed by atoms with Gasteiger partial charge in [0, 0.05) is 35.2 Å². The maximum atomic E-state index is 4.31. The Morgan fingerprint density at radius 3 is 2.82 bits per heavy atom. The van der Waals surface area contributed by atoms with Gasteiger partial charge in [0.25, 0.3) is 0 Å². The molecule has 0 fully saturated rings. The fraction of sp³-hybridized carbons (Fsp3) is 0.200. The van der Waals surface area contributed by atoms with Gasteiger partial charge in [-0.05, 0) is 48.2 Å². The average Bonchev–Trinajstić information content (AvgIpc) is 3.05. The molecule has 1 N–H and O–H groups in total. The highest BCUT2D eigenvalue weighted by atomic mass is 15.2. The van der Waals surface area contributed by atoms with Crippen molar-refractivity contribution in [1.82, 2.24) is 0 Å². The molecule has 22 heavy (non-hydrogen) atoms. The number of nitrogens with zero attached hydrogens (tertiary/aromatic N) is 1. The molecule has 0 saturated heterocycles. The van der Waals surface area contributed by atoms with Gasteiger partial charge in [-0.1, -0.05) is 37.4 Å². The molecule has 2 aromatic rings. The molecule has 2 aromatic carbocycles. The van der Waals surface area contributed by atoms with Crippen molar-refractivity contribution in [3.63, 3.8) is 0 Å². The highest BCUT2D eigenvalue weighted by molar-refractivity contribution is 5.85. The first kappa shape index (κ1) is 13.2. The van der Waals surface area contributed by atoms with Gasteiger partial charge in [0.2, 0.25) is 0 Å². The van der Waals surface area contributed by atoms with E-state index in [2.05, 4.69) is 66.7 Å². The monoisotopic (exact) mass is 288 g/mol. The first-order chi connectivity index (χ1) is 10.7. The Labute approximate surface area is 131 Å². The van der Waals surface area contributed by atoms with Crippen molar-refractivity contribution in [2.24, 2.45) is 0 Å². The zero-order chi connectivity index (χ0) is 15.3. The predicted molar refractivity (Wildman–Crippen MR) is 95.0 cm³/mol. The lowest BCUT2D eigenvalue weighted by molar-refractivity contribution is 0.839. The van der Waals surface area contributed by atoms with Crippen molar-refractivity contribution in [1.29, 1.82) is 0 Å². The number of fused-ring (bicyclic) bond motifs is 2. The molecule has 0 aromatic heterocycles. The van der Waals surface area contributed by atoms with Crippen molar-refractivity contribution in [2.45, 2.75) is 25.9 Å². The summed E-state index contributed by atoms with van der Waals surface area (Å²) in [5, 5.41) is 3.55. The summed E-state index contributed by atoms with van der Waals surface area (Å²) >= 11 is 0. The Balaban J connectivity index is 1.69. The van der Waals surface area contributed by atoms with Crippen LogP contribution in [0.1, 0.15) is 29.2 Å². The Morgan fingerprint density at radius 2 is 2.00 bits per heavy atom. The van der Waals surface area contributed by atoms with Gasteiger partial charge in [0.05, 0.1) is 0 Å². The Hall–Kier alpha value is -2.48. The highest BCUT2D eigenvalue weighted by Gasteiger charge is 2.25. The fourth-order valence-electron chi connectivity index (χ4n) is 3.48. The number of nitrogens with one attached hydrogen (secondary N) is 1. The molecule has 0 aliphatic carbocycles. The molecular weight excluding hydrogens is 268 g/mol. The second kappa shape index (κ2) is 4.77. The molecule has 0 spiro atoms. The van der Waals surface area contributed by atoms with Gasteiger partial charge in [-0.2, -0.15) is 0 Å². The van der Waals surface area contributed by atoms with Crippen molar-refractivity contribution < 1.29 is 0 Å². The minimum atomic E-state index is 0.527. The first-order valence-electron chi connectivity index (χ1n) is 7.77. The van der Waals surface area contributed by atoms with E-state index in [4.69, 9.17) is 0 Å². The highest BCUT2D eigenvalue weighted by Crippen LogP contribution is 2.39. The van der Waals surface area contributed by atoms with Crippen LogP contribution < -0.4 is 10.2 Å².